The van der Waals surface area contributed by atoms with Crippen molar-refractivity contribution in [3.05, 3.63) is 29.8 Å². The third-order valence-corrected chi connectivity index (χ3v) is 3.99. The van der Waals surface area contributed by atoms with Gasteiger partial charge in [-0.15, -0.1) is 0 Å². The fourth-order valence-corrected chi connectivity index (χ4v) is 2.04. The second-order valence-corrected chi connectivity index (χ2v) is 6.75. The molecule has 0 aromatic heterocycles. The molecule has 1 aromatic rings. The molecule has 136 valence electrons. The van der Waals surface area contributed by atoms with Crippen LogP contribution in [0.15, 0.2) is 29.3 Å². The molecule has 0 fully saturated rings. The van der Waals surface area contributed by atoms with Crippen LogP contribution in [0.25, 0.3) is 0 Å². The first-order valence-corrected chi connectivity index (χ1v) is 8.76. The first-order valence-electron chi connectivity index (χ1n) is 8.76. The molecule has 5 heteroatoms. The molecule has 0 radical (unpaired) electrons. The normalized spacial score (nSPS) is 13.2. The molecule has 1 unspecified atom stereocenters. The monoisotopic (exact) mass is 334 g/mol. The molecule has 0 saturated carbocycles. The number of nitrogens with one attached hydrogen (secondary N) is 2. The minimum Gasteiger partial charge on any atom is -0.494 e. The van der Waals surface area contributed by atoms with E-state index in [4.69, 9.17) is 4.74 Å². The molecule has 0 amide bonds. The smallest absolute Gasteiger partial charge is 0.191 e. The quantitative estimate of drug-likeness (QED) is 0.414. The highest BCUT2D eigenvalue weighted by Gasteiger charge is 2.08. The van der Waals surface area contributed by atoms with Crippen LogP contribution in [0.4, 0.5) is 0 Å². The van der Waals surface area contributed by atoms with Crippen LogP contribution in [0, 0.1) is 5.92 Å². The topological polar surface area (TPSA) is 48.9 Å². The molecule has 1 rings (SSSR count). The van der Waals surface area contributed by atoms with E-state index in [-0.39, 0.29) is 0 Å². The minimum absolute atomic E-state index is 0.383. The average molecular weight is 335 g/mol. The van der Waals surface area contributed by atoms with Gasteiger partial charge in [0.15, 0.2) is 5.96 Å². The second-order valence-electron chi connectivity index (χ2n) is 6.75. The largest absolute Gasteiger partial charge is 0.494 e. The van der Waals surface area contributed by atoms with Crippen LogP contribution in [-0.4, -0.2) is 51.2 Å². The van der Waals surface area contributed by atoms with Crippen LogP contribution < -0.4 is 15.4 Å². The van der Waals surface area contributed by atoms with Gasteiger partial charge in [0.2, 0.25) is 0 Å². The maximum absolute atomic E-state index is 5.75. The summed E-state index contributed by atoms with van der Waals surface area (Å²) in [5.41, 5.74) is 1.20. The molecule has 2 N–H and O–H groups in total. The fourth-order valence-electron chi connectivity index (χ4n) is 2.04. The Morgan fingerprint density at radius 1 is 1.17 bits per heavy atom. The number of guanidine groups is 1. The van der Waals surface area contributed by atoms with Crippen molar-refractivity contribution >= 4 is 5.96 Å². The van der Waals surface area contributed by atoms with E-state index in [1.165, 1.54) is 5.56 Å². The molecule has 1 atom stereocenters. The van der Waals surface area contributed by atoms with Crippen molar-refractivity contribution in [2.75, 3.05) is 34.3 Å². The number of hydrogen-bond acceptors (Lipinski definition) is 3. The minimum atomic E-state index is 0.383. The van der Waals surface area contributed by atoms with Crippen LogP contribution >= 0.6 is 0 Å². The Kier molecular flexibility index (Phi) is 9.23. The lowest BCUT2D eigenvalue weighted by molar-refractivity contribution is 0.281. The van der Waals surface area contributed by atoms with Gasteiger partial charge in [0.05, 0.1) is 6.61 Å². The Labute approximate surface area is 147 Å². The van der Waals surface area contributed by atoms with E-state index < -0.39 is 0 Å². The maximum Gasteiger partial charge on any atom is 0.191 e. The van der Waals surface area contributed by atoms with Gasteiger partial charge in [0.25, 0.3) is 0 Å². The molecule has 5 nitrogen and oxygen atoms in total. The summed E-state index contributed by atoms with van der Waals surface area (Å²) in [5, 5.41) is 6.75. The van der Waals surface area contributed by atoms with Gasteiger partial charge in [-0.1, -0.05) is 26.0 Å². The molecule has 0 aliphatic carbocycles. The Balaban J connectivity index is 2.38. The lowest BCUT2D eigenvalue weighted by atomic mass is 10.1. The van der Waals surface area contributed by atoms with E-state index in [1.807, 2.05) is 12.1 Å². The fraction of sp³-hybridized carbons (Fsp3) is 0.632. The summed E-state index contributed by atoms with van der Waals surface area (Å²) in [7, 11) is 5.95. The van der Waals surface area contributed by atoms with E-state index in [1.54, 1.807) is 7.05 Å². The zero-order valence-corrected chi connectivity index (χ0v) is 16.1. The second kappa shape index (κ2) is 10.9. The van der Waals surface area contributed by atoms with Gasteiger partial charge >= 0.3 is 0 Å². The number of benzene rings is 1. The van der Waals surface area contributed by atoms with Crippen molar-refractivity contribution in [1.82, 2.24) is 15.5 Å². The molecule has 0 saturated heterocycles. The molecule has 24 heavy (non-hydrogen) atoms. The highest BCUT2D eigenvalue weighted by molar-refractivity contribution is 5.79. The molecule has 0 bridgehead atoms. The highest BCUT2D eigenvalue weighted by Crippen LogP contribution is 2.12. The first-order chi connectivity index (χ1) is 11.4. The zero-order chi connectivity index (χ0) is 17.9. The maximum atomic E-state index is 5.75. The van der Waals surface area contributed by atoms with Crippen LogP contribution in [0.5, 0.6) is 5.75 Å². The van der Waals surface area contributed by atoms with E-state index in [9.17, 15) is 0 Å². The highest BCUT2D eigenvalue weighted by atomic mass is 16.5. The van der Waals surface area contributed by atoms with Crippen molar-refractivity contribution in [1.29, 1.82) is 0 Å². The predicted molar refractivity (Wildman–Crippen MR) is 103 cm³/mol. The van der Waals surface area contributed by atoms with Crippen LogP contribution in [0.3, 0.4) is 0 Å². The summed E-state index contributed by atoms with van der Waals surface area (Å²) >= 11 is 0. The molecular formula is C19H34N4O. The van der Waals surface area contributed by atoms with Gasteiger partial charge in [-0.2, -0.15) is 0 Å². The molecule has 0 spiro atoms. The van der Waals surface area contributed by atoms with E-state index in [0.29, 0.717) is 12.0 Å². The Hall–Kier alpha value is -1.75. The van der Waals surface area contributed by atoms with Crippen molar-refractivity contribution < 1.29 is 4.74 Å². The van der Waals surface area contributed by atoms with E-state index in [2.05, 4.69) is 67.5 Å². The van der Waals surface area contributed by atoms with Gasteiger partial charge in [0, 0.05) is 26.2 Å². The zero-order valence-electron chi connectivity index (χ0n) is 16.1. The summed E-state index contributed by atoms with van der Waals surface area (Å²) < 4.78 is 5.75. The van der Waals surface area contributed by atoms with Crippen LogP contribution in [0.2, 0.25) is 0 Å². The lowest BCUT2D eigenvalue weighted by Crippen LogP contribution is -2.43. The summed E-state index contributed by atoms with van der Waals surface area (Å²) in [4.78, 5) is 6.44. The molecule has 0 heterocycles. The Morgan fingerprint density at radius 2 is 1.83 bits per heavy atom. The number of aliphatic imine (C=N–C) groups is 1. The van der Waals surface area contributed by atoms with E-state index >= 15 is 0 Å². The number of nitrogens with zero attached hydrogens (tertiary/aromatic N) is 2. The summed E-state index contributed by atoms with van der Waals surface area (Å²) in [6.07, 6.45) is 1.03. The van der Waals surface area contributed by atoms with Gasteiger partial charge < -0.3 is 20.3 Å². The predicted octanol–water partition coefficient (Wildman–Crippen LogP) is 2.73. The number of hydrogen-bond donors (Lipinski definition) is 2. The SMILES string of the molecule is CN=C(NCc1ccc(OCCCN(C)C)cc1)NC(C)C(C)C. The average Bonchev–Trinajstić information content (AvgIpc) is 2.56. The molecular weight excluding hydrogens is 300 g/mol. The molecule has 1 aromatic carbocycles. The van der Waals surface area contributed by atoms with Crippen molar-refractivity contribution in [3.8, 4) is 5.75 Å². The van der Waals surface area contributed by atoms with E-state index in [0.717, 1.165) is 37.8 Å². The Morgan fingerprint density at radius 3 is 2.38 bits per heavy atom. The standard InChI is InChI=1S/C19H34N4O/c1-15(2)16(3)22-19(20-4)21-14-17-8-10-18(11-9-17)24-13-7-12-23(5)6/h8-11,15-16H,7,12-14H2,1-6H3,(H2,20,21,22). The summed E-state index contributed by atoms with van der Waals surface area (Å²) in [6, 6.07) is 8.62. The van der Waals surface area contributed by atoms with Crippen LogP contribution in [-0.2, 0) is 6.54 Å². The first kappa shape index (κ1) is 20.3. The van der Waals surface area contributed by atoms with Crippen molar-refractivity contribution in [2.45, 2.75) is 39.8 Å². The summed E-state index contributed by atoms with van der Waals surface area (Å²) in [6.45, 7) is 9.10. The lowest BCUT2D eigenvalue weighted by Gasteiger charge is -2.20. The number of ether oxygens (including phenoxy) is 1. The number of rotatable bonds is 9. The Bertz CT molecular complexity index is 483. The van der Waals surface area contributed by atoms with Gasteiger partial charge in [-0.3, -0.25) is 4.99 Å². The van der Waals surface area contributed by atoms with Gasteiger partial charge in [-0.25, -0.2) is 0 Å². The third-order valence-electron chi connectivity index (χ3n) is 3.99. The van der Waals surface area contributed by atoms with Gasteiger partial charge in [-0.05, 0) is 51.1 Å². The van der Waals surface area contributed by atoms with Crippen molar-refractivity contribution in [3.63, 3.8) is 0 Å². The van der Waals surface area contributed by atoms with Crippen molar-refractivity contribution in [2.24, 2.45) is 10.9 Å². The van der Waals surface area contributed by atoms with Gasteiger partial charge in [0.1, 0.15) is 5.75 Å². The third kappa shape index (κ3) is 8.20. The summed E-state index contributed by atoms with van der Waals surface area (Å²) in [5.74, 6) is 2.32. The molecule has 0 aliphatic rings. The van der Waals surface area contributed by atoms with Crippen LogP contribution in [0.1, 0.15) is 32.8 Å². The molecule has 0 aliphatic heterocycles.